The maximum Gasteiger partial charge on any atom is 0.247 e. The van der Waals surface area contributed by atoms with E-state index in [1.807, 2.05) is 54.6 Å². The molecule has 0 unspecified atom stereocenters. The number of benzene rings is 2. The first-order valence-corrected chi connectivity index (χ1v) is 10.7. The fourth-order valence-corrected chi connectivity index (χ4v) is 3.57. The molecule has 1 aliphatic rings. The number of rotatable bonds is 7. The average molecular weight is 438 g/mol. The Bertz CT molecular complexity index is 1320. The first kappa shape index (κ1) is 20.6. The van der Waals surface area contributed by atoms with Gasteiger partial charge in [-0.1, -0.05) is 18.7 Å². The number of anilines is 4. The molecule has 3 heterocycles. The standard InChI is InChI=1S/C25H23N7O/c1-2-22(33)30-20-5-3-4-16(12-20)23-24-17(10-11-27-23)13-28-25(32-24)31-19-8-6-18(7-9-19)29-21-14-26-15-21/h2-13,21,26,29H,1,14-15H2,(H,30,33)(H,28,31,32). The zero-order chi connectivity index (χ0) is 22.6. The van der Waals surface area contributed by atoms with Crippen LogP contribution in [-0.2, 0) is 4.79 Å². The lowest BCUT2D eigenvalue weighted by atomic mass is 10.1. The van der Waals surface area contributed by atoms with Crippen molar-refractivity contribution >= 4 is 39.8 Å². The first-order valence-electron chi connectivity index (χ1n) is 10.7. The Hall–Kier alpha value is -4.30. The zero-order valence-corrected chi connectivity index (χ0v) is 17.9. The predicted molar refractivity (Wildman–Crippen MR) is 132 cm³/mol. The van der Waals surface area contributed by atoms with Crippen LogP contribution in [0.4, 0.5) is 23.0 Å². The summed E-state index contributed by atoms with van der Waals surface area (Å²) >= 11 is 0. The van der Waals surface area contributed by atoms with Crippen molar-refractivity contribution in [3.8, 4) is 11.3 Å². The highest BCUT2D eigenvalue weighted by atomic mass is 16.1. The van der Waals surface area contributed by atoms with Crippen LogP contribution in [0.1, 0.15) is 0 Å². The van der Waals surface area contributed by atoms with Crippen molar-refractivity contribution in [1.29, 1.82) is 0 Å². The van der Waals surface area contributed by atoms with Gasteiger partial charge in [0.2, 0.25) is 11.9 Å². The summed E-state index contributed by atoms with van der Waals surface area (Å²) < 4.78 is 0. The molecule has 4 N–H and O–H groups in total. The number of carbonyl (C=O) groups is 1. The SMILES string of the molecule is C=CC(=O)Nc1cccc(-c2nccc3cnc(Nc4ccc(NC5CNC5)cc4)nc23)c1. The second-order valence-corrected chi connectivity index (χ2v) is 7.77. The number of nitrogens with zero attached hydrogens (tertiary/aromatic N) is 3. The summed E-state index contributed by atoms with van der Waals surface area (Å²) in [4.78, 5) is 25.4. The summed E-state index contributed by atoms with van der Waals surface area (Å²) in [5.41, 5.74) is 4.91. The lowest BCUT2D eigenvalue weighted by molar-refractivity contribution is -0.111. The molecule has 164 valence electrons. The summed E-state index contributed by atoms with van der Waals surface area (Å²) in [6, 6.07) is 17.9. The largest absolute Gasteiger partial charge is 0.380 e. The van der Waals surface area contributed by atoms with Gasteiger partial charge in [-0.3, -0.25) is 9.78 Å². The predicted octanol–water partition coefficient (Wildman–Crippen LogP) is 3.94. The summed E-state index contributed by atoms with van der Waals surface area (Å²) in [5.74, 6) is 0.217. The number of nitrogens with one attached hydrogen (secondary N) is 4. The maximum atomic E-state index is 11.7. The number of hydrogen-bond donors (Lipinski definition) is 4. The highest BCUT2D eigenvalue weighted by Gasteiger charge is 2.15. The average Bonchev–Trinajstić information content (AvgIpc) is 2.82. The van der Waals surface area contributed by atoms with Crippen molar-refractivity contribution in [3.05, 3.63) is 79.6 Å². The van der Waals surface area contributed by atoms with Crippen molar-refractivity contribution in [1.82, 2.24) is 20.3 Å². The van der Waals surface area contributed by atoms with Crippen molar-refractivity contribution in [2.75, 3.05) is 29.0 Å². The summed E-state index contributed by atoms with van der Waals surface area (Å²) in [6.45, 7) is 5.47. The number of carbonyl (C=O) groups excluding carboxylic acids is 1. The lowest BCUT2D eigenvalue weighted by Gasteiger charge is -2.29. The van der Waals surface area contributed by atoms with Crippen LogP contribution < -0.4 is 21.3 Å². The monoisotopic (exact) mass is 437 g/mol. The molecule has 4 aromatic rings. The Morgan fingerprint density at radius 2 is 1.85 bits per heavy atom. The molecule has 0 aliphatic carbocycles. The second-order valence-electron chi connectivity index (χ2n) is 7.77. The first-order chi connectivity index (χ1) is 16.2. The van der Waals surface area contributed by atoms with Crippen molar-refractivity contribution in [2.24, 2.45) is 0 Å². The number of amides is 1. The summed E-state index contributed by atoms with van der Waals surface area (Å²) in [6.07, 6.45) is 4.74. The quantitative estimate of drug-likeness (QED) is 0.325. The molecular weight excluding hydrogens is 414 g/mol. The van der Waals surface area contributed by atoms with E-state index in [0.29, 0.717) is 23.4 Å². The lowest BCUT2D eigenvalue weighted by Crippen LogP contribution is -2.51. The Labute approximate surface area is 191 Å². The van der Waals surface area contributed by atoms with Crippen LogP contribution in [0.2, 0.25) is 0 Å². The molecule has 1 fully saturated rings. The number of aromatic nitrogens is 3. The molecule has 2 aromatic heterocycles. The fraction of sp³-hybridized carbons (Fsp3) is 0.120. The van der Waals surface area contributed by atoms with E-state index in [-0.39, 0.29) is 5.91 Å². The van der Waals surface area contributed by atoms with Crippen LogP contribution in [0.15, 0.2) is 79.6 Å². The van der Waals surface area contributed by atoms with Crippen molar-refractivity contribution in [2.45, 2.75) is 6.04 Å². The zero-order valence-electron chi connectivity index (χ0n) is 17.9. The van der Waals surface area contributed by atoms with Gasteiger partial charge in [-0.05, 0) is 48.5 Å². The smallest absolute Gasteiger partial charge is 0.247 e. The molecule has 1 saturated heterocycles. The fourth-order valence-electron chi connectivity index (χ4n) is 3.57. The Balaban J connectivity index is 1.41. The van der Waals surface area contributed by atoms with Crippen LogP contribution in [-0.4, -0.2) is 40.0 Å². The Kier molecular flexibility index (Phi) is 5.65. The minimum Gasteiger partial charge on any atom is -0.380 e. The van der Waals surface area contributed by atoms with E-state index >= 15 is 0 Å². The molecule has 1 aliphatic heterocycles. The van der Waals surface area contributed by atoms with E-state index in [1.54, 1.807) is 12.4 Å². The molecular formula is C25H23N7O. The minimum atomic E-state index is -0.266. The minimum absolute atomic E-state index is 0.266. The maximum absolute atomic E-state index is 11.7. The van der Waals surface area contributed by atoms with Gasteiger partial charge in [-0.25, -0.2) is 9.97 Å². The number of fused-ring (bicyclic) bond motifs is 1. The summed E-state index contributed by atoms with van der Waals surface area (Å²) in [7, 11) is 0. The molecule has 8 heteroatoms. The van der Waals surface area contributed by atoms with Gasteiger partial charge in [0, 0.05) is 53.5 Å². The van der Waals surface area contributed by atoms with Crippen molar-refractivity contribution in [3.63, 3.8) is 0 Å². The number of hydrogen-bond acceptors (Lipinski definition) is 7. The highest BCUT2D eigenvalue weighted by molar-refractivity contribution is 5.99. The third-order valence-corrected chi connectivity index (χ3v) is 5.38. The second kappa shape index (κ2) is 9.05. The Morgan fingerprint density at radius 1 is 1.03 bits per heavy atom. The van der Waals surface area contributed by atoms with Crippen LogP contribution >= 0.6 is 0 Å². The highest BCUT2D eigenvalue weighted by Crippen LogP contribution is 2.28. The summed E-state index contributed by atoms with van der Waals surface area (Å²) in [5, 5.41) is 13.7. The van der Waals surface area contributed by atoms with Gasteiger partial charge in [-0.15, -0.1) is 0 Å². The van der Waals surface area contributed by atoms with Crippen LogP contribution in [0.25, 0.3) is 22.2 Å². The van der Waals surface area contributed by atoms with E-state index in [0.717, 1.165) is 40.9 Å². The van der Waals surface area contributed by atoms with Gasteiger partial charge in [0.25, 0.3) is 0 Å². The topological polar surface area (TPSA) is 104 Å². The van der Waals surface area contributed by atoms with Crippen LogP contribution in [0.3, 0.4) is 0 Å². The van der Waals surface area contributed by atoms with Crippen molar-refractivity contribution < 1.29 is 4.79 Å². The molecule has 5 rings (SSSR count). The van der Waals surface area contributed by atoms with E-state index in [4.69, 9.17) is 4.98 Å². The van der Waals surface area contributed by atoms with E-state index < -0.39 is 0 Å². The van der Waals surface area contributed by atoms with Gasteiger partial charge in [0.1, 0.15) is 5.52 Å². The van der Waals surface area contributed by atoms with E-state index in [9.17, 15) is 4.79 Å². The molecule has 0 radical (unpaired) electrons. The molecule has 2 aromatic carbocycles. The molecule has 0 spiro atoms. The van der Waals surface area contributed by atoms with Gasteiger partial charge >= 0.3 is 0 Å². The van der Waals surface area contributed by atoms with E-state index in [1.165, 1.54) is 6.08 Å². The normalized spacial score (nSPS) is 13.2. The molecule has 0 atom stereocenters. The molecule has 0 bridgehead atoms. The van der Waals surface area contributed by atoms with Gasteiger partial charge in [-0.2, -0.15) is 0 Å². The van der Waals surface area contributed by atoms with Crippen LogP contribution in [0, 0.1) is 0 Å². The molecule has 33 heavy (non-hydrogen) atoms. The van der Waals surface area contributed by atoms with Gasteiger partial charge in [0.05, 0.1) is 11.7 Å². The van der Waals surface area contributed by atoms with Gasteiger partial charge in [0.15, 0.2) is 0 Å². The molecule has 1 amide bonds. The number of pyridine rings is 1. The third-order valence-electron chi connectivity index (χ3n) is 5.38. The van der Waals surface area contributed by atoms with Gasteiger partial charge < -0.3 is 21.3 Å². The molecule has 8 nitrogen and oxygen atoms in total. The third kappa shape index (κ3) is 4.65. The Morgan fingerprint density at radius 3 is 2.61 bits per heavy atom. The van der Waals surface area contributed by atoms with E-state index in [2.05, 4.69) is 37.8 Å². The molecule has 0 saturated carbocycles. The van der Waals surface area contributed by atoms with Crippen LogP contribution in [0.5, 0.6) is 0 Å².